The van der Waals surface area contributed by atoms with Gasteiger partial charge in [0.05, 0.1) is 6.07 Å². The number of nitrogens with zero attached hydrogens (tertiary/aromatic N) is 2. The molecule has 6 fully saturated rings. The highest BCUT2D eigenvalue weighted by Gasteiger charge is 2.61. The van der Waals surface area contributed by atoms with E-state index < -0.39 is 0 Å². The Morgan fingerprint density at radius 2 is 1.81 bits per heavy atom. The SMILES string of the molecule is N#CC1CC2CC2N1C(=O)CC12CC3CC(C1)CC(OC(=O)CCc1ccccc1)(C3)C2. The van der Waals surface area contributed by atoms with Crippen molar-refractivity contribution in [3.05, 3.63) is 35.9 Å². The van der Waals surface area contributed by atoms with E-state index in [0.717, 1.165) is 50.5 Å². The number of carbonyl (C=O) groups excluding carboxylic acids is 2. The number of hydrogen-bond acceptors (Lipinski definition) is 4. The molecular formula is C27H32N2O3. The van der Waals surface area contributed by atoms with Gasteiger partial charge in [-0.1, -0.05) is 30.3 Å². The molecule has 0 radical (unpaired) electrons. The van der Waals surface area contributed by atoms with Gasteiger partial charge in [-0.05, 0) is 86.5 Å². The molecule has 1 aliphatic heterocycles. The average molecular weight is 433 g/mol. The van der Waals surface area contributed by atoms with Crippen LogP contribution >= 0.6 is 0 Å². The van der Waals surface area contributed by atoms with E-state index in [1.54, 1.807) is 0 Å². The number of hydrogen-bond donors (Lipinski definition) is 0. The Morgan fingerprint density at radius 1 is 1.06 bits per heavy atom. The highest BCUT2D eigenvalue weighted by molar-refractivity contribution is 5.79. The van der Waals surface area contributed by atoms with Gasteiger partial charge >= 0.3 is 5.97 Å². The third-order valence-electron chi connectivity index (χ3n) is 8.99. The first kappa shape index (κ1) is 20.3. The third kappa shape index (κ3) is 3.52. The normalized spacial score (nSPS) is 40.6. The van der Waals surface area contributed by atoms with E-state index >= 15 is 0 Å². The Morgan fingerprint density at radius 3 is 2.53 bits per heavy atom. The third-order valence-corrected chi connectivity index (χ3v) is 8.99. The second-order valence-corrected chi connectivity index (χ2v) is 11.5. The average Bonchev–Trinajstić information content (AvgIpc) is 3.40. The minimum absolute atomic E-state index is 0.0478. The van der Waals surface area contributed by atoms with Gasteiger partial charge < -0.3 is 9.64 Å². The Kier molecular flexibility index (Phi) is 4.65. The maximum absolute atomic E-state index is 13.4. The predicted octanol–water partition coefficient (Wildman–Crippen LogP) is 4.40. The van der Waals surface area contributed by atoms with Crippen LogP contribution in [0.25, 0.3) is 0 Å². The number of carbonyl (C=O) groups is 2. The predicted molar refractivity (Wildman–Crippen MR) is 118 cm³/mol. The van der Waals surface area contributed by atoms with Crippen LogP contribution in [0.5, 0.6) is 0 Å². The highest BCUT2D eigenvalue weighted by atomic mass is 16.6. The van der Waals surface area contributed by atoms with Crippen LogP contribution in [0.15, 0.2) is 30.3 Å². The van der Waals surface area contributed by atoms with Gasteiger partial charge in [-0.2, -0.15) is 5.26 Å². The van der Waals surface area contributed by atoms with Crippen molar-refractivity contribution in [1.82, 2.24) is 4.90 Å². The van der Waals surface area contributed by atoms with Crippen LogP contribution in [-0.4, -0.2) is 34.5 Å². The first-order chi connectivity index (χ1) is 15.5. The summed E-state index contributed by atoms with van der Waals surface area (Å²) in [5, 5.41) is 9.52. The zero-order valence-corrected chi connectivity index (χ0v) is 18.7. The van der Waals surface area contributed by atoms with Gasteiger partial charge in [-0.25, -0.2) is 0 Å². The van der Waals surface area contributed by atoms with E-state index in [0.29, 0.717) is 43.1 Å². The molecule has 0 aromatic heterocycles. The molecule has 168 valence electrons. The molecule has 5 aliphatic carbocycles. The summed E-state index contributed by atoms with van der Waals surface area (Å²) in [4.78, 5) is 28.1. The van der Waals surface area contributed by atoms with E-state index in [1.165, 1.54) is 6.42 Å². The molecule has 4 bridgehead atoms. The lowest BCUT2D eigenvalue weighted by Gasteiger charge is -2.61. The summed E-state index contributed by atoms with van der Waals surface area (Å²) < 4.78 is 6.26. The highest BCUT2D eigenvalue weighted by Crippen LogP contribution is 2.64. The molecule has 1 aromatic rings. The van der Waals surface area contributed by atoms with Crippen molar-refractivity contribution in [1.29, 1.82) is 5.26 Å². The van der Waals surface area contributed by atoms with Crippen molar-refractivity contribution in [2.45, 2.75) is 88.3 Å². The summed E-state index contributed by atoms with van der Waals surface area (Å²) >= 11 is 0. The molecule has 1 heterocycles. The molecule has 32 heavy (non-hydrogen) atoms. The fourth-order valence-electron chi connectivity index (χ4n) is 8.22. The maximum atomic E-state index is 13.4. The summed E-state index contributed by atoms with van der Waals surface area (Å²) in [6.45, 7) is 0. The summed E-state index contributed by atoms with van der Waals surface area (Å²) in [6, 6.07) is 12.5. The van der Waals surface area contributed by atoms with Gasteiger partial charge in [0.1, 0.15) is 11.6 Å². The molecule has 5 unspecified atom stereocenters. The number of likely N-dealkylation sites (tertiary alicyclic amines) is 1. The van der Waals surface area contributed by atoms with Crippen molar-refractivity contribution < 1.29 is 14.3 Å². The van der Waals surface area contributed by atoms with Gasteiger partial charge in [-0.3, -0.25) is 9.59 Å². The van der Waals surface area contributed by atoms with Crippen molar-refractivity contribution in [3.63, 3.8) is 0 Å². The molecule has 5 atom stereocenters. The molecule has 5 heteroatoms. The van der Waals surface area contributed by atoms with Crippen LogP contribution in [0.2, 0.25) is 0 Å². The molecular weight excluding hydrogens is 400 g/mol. The molecule has 1 amide bonds. The standard InChI is InChI=1S/C27H32N2O3/c28-16-22-9-21-10-23(21)29(22)24(30)15-26-11-19-8-20(12-26)14-27(13-19,17-26)32-25(31)7-6-18-4-2-1-3-5-18/h1-5,19-23H,6-15,17H2. The van der Waals surface area contributed by atoms with Crippen molar-refractivity contribution in [3.8, 4) is 6.07 Å². The number of benzene rings is 1. The van der Waals surface area contributed by atoms with E-state index in [1.807, 2.05) is 23.1 Å². The van der Waals surface area contributed by atoms with Crippen LogP contribution in [0.3, 0.4) is 0 Å². The molecule has 5 nitrogen and oxygen atoms in total. The zero-order chi connectivity index (χ0) is 21.9. The van der Waals surface area contributed by atoms with Gasteiger partial charge in [0.2, 0.25) is 5.91 Å². The largest absolute Gasteiger partial charge is 0.459 e. The van der Waals surface area contributed by atoms with Crippen LogP contribution in [-0.2, 0) is 20.7 Å². The minimum Gasteiger partial charge on any atom is -0.459 e. The molecule has 5 saturated carbocycles. The molecule has 1 aromatic carbocycles. The Bertz CT molecular complexity index is 953. The van der Waals surface area contributed by atoms with Gasteiger partial charge in [0, 0.05) is 18.9 Å². The van der Waals surface area contributed by atoms with Crippen LogP contribution in [0.1, 0.15) is 69.8 Å². The fraction of sp³-hybridized carbons (Fsp3) is 0.667. The summed E-state index contributed by atoms with van der Waals surface area (Å²) in [5.41, 5.74) is 0.737. The lowest BCUT2D eigenvalue weighted by molar-refractivity contribution is -0.203. The minimum atomic E-state index is -0.375. The Hall–Kier alpha value is -2.35. The fourth-order valence-corrected chi connectivity index (χ4v) is 8.22. The van der Waals surface area contributed by atoms with Crippen LogP contribution in [0.4, 0.5) is 0 Å². The Balaban J connectivity index is 1.14. The molecule has 6 aliphatic rings. The number of nitriles is 1. The number of aryl methyl sites for hydroxylation is 1. The zero-order valence-electron chi connectivity index (χ0n) is 18.7. The maximum Gasteiger partial charge on any atom is 0.306 e. The van der Waals surface area contributed by atoms with Crippen molar-refractivity contribution in [2.24, 2.45) is 23.2 Å². The van der Waals surface area contributed by atoms with E-state index in [-0.39, 0.29) is 28.9 Å². The summed E-state index contributed by atoms with van der Waals surface area (Å²) in [6.07, 6.45) is 9.72. The summed E-state index contributed by atoms with van der Waals surface area (Å²) in [7, 11) is 0. The van der Waals surface area contributed by atoms with Gasteiger partial charge in [0.15, 0.2) is 0 Å². The van der Waals surface area contributed by atoms with Gasteiger partial charge in [-0.15, -0.1) is 0 Å². The second kappa shape index (κ2) is 7.33. The number of rotatable bonds is 6. The monoisotopic (exact) mass is 432 g/mol. The molecule has 7 rings (SSSR count). The number of amides is 1. The van der Waals surface area contributed by atoms with Gasteiger partial charge in [0.25, 0.3) is 0 Å². The lowest BCUT2D eigenvalue weighted by Crippen LogP contribution is -2.58. The molecule has 0 spiro atoms. The first-order valence-electron chi connectivity index (χ1n) is 12.4. The number of fused-ring (bicyclic) bond motifs is 1. The topological polar surface area (TPSA) is 70.4 Å². The number of esters is 1. The quantitative estimate of drug-likeness (QED) is 0.625. The van der Waals surface area contributed by atoms with Crippen LogP contribution in [0, 0.1) is 34.5 Å². The molecule has 0 N–H and O–H groups in total. The van der Waals surface area contributed by atoms with E-state index in [9.17, 15) is 14.9 Å². The molecule has 1 saturated heterocycles. The summed E-state index contributed by atoms with van der Waals surface area (Å²) in [5.74, 6) is 1.75. The second-order valence-electron chi connectivity index (χ2n) is 11.5. The first-order valence-corrected chi connectivity index (χ1v) is 12.4. The van der Waals surface area contributed by atoms with E-state index in [2.05, 4.69) is 18.2 Å². The van der Waals surface area contributed by atoms with Crippen LogP contribution < -0.4 is 0 Å². The Labute approximate surface area is 190 Å². The number of ether oxygens (including phenoxy) is 1. The lowest BCUT2D eigenvalue weighted by atomic mass is 9.47. The van der Waals surface area contributed by atoms with Crippen molar-refractivity contribution in [2.75, 3.05) is 0 Å². The van der Waals surface area contributed by atoms with Crippen molar-refractivity contribution >= 4 is 11.9 Å². The van der Waals surface area contributed by atoms with E-state index in [4.69, 9.17) is 4.74 Å². The smallest absolute Gasteiger partial charge is 0.306 e. The number of piperidine rings is 1.